The number of hydrogen-bond donors (Lipinski definition) is 3. The number of amidine groups is 1. The summed E-state index contributed by atoms with van der Waals surface area (Å²) in [5, 5.41) is 3.13. The largest absolute Gasteiger partial charge is 0.493 e. The van der Waals surface area contributed by atoms with Crippen LogP contribution < -0.4 is 24.2 Å². The van der Waals surface area contributed by atoms with Gasteiger partial charge in [-0.05, 0) is 40.0 Å². The van der Waals surface area contributed by atoms with Crippen LogP contribution >= 0.6 is 0 Å². The maximum atomic E-state index is 11.9. The monoisotopic (exact) mass is 457 g/mol. The third-order valence-corrected chi connectivity index (χ3v) is 4.73. The number of amides is 1. The first kappa shape index (κ1) is 26.2. The lowest BCUT2D eigenvalue weighted by atomic mass is 10.1. The second-order valence-electron chi connectivity index (χ2n) is 7.24. The van der Waals surface area contributed by atoms with Crippen molar-refractivity contribution in [2.24, 2.45) is 9.98 Å². The highest BCUT2D eigenvalue weighted by molar-refractivity contribution is 7.88. The molecular formula is C19H31N5O6S. The molecule has 1 aromatic rings. The Morgan fingerprint density at radius 3 is 2.26 bits per heavy atom. The Kier molecular flexibility index (Phi) is 9.72. The van der Waals surface area contributed by atoms with E-state index in [4.69, 9.17) is 14.2 Å². The van der Waals surface area contributed by atoms with Gasteiger partial charge in [0.15, 0.2) is 11.5 Å². The van der Waals surface area contributed by atoms with E-state index in [0.29, 0.717) is 41.6 Å². The molecule has 0 aliphatic carbocycles. The van der Waals surface area contributed by atoms with Crippen molar-refractivity contribution in [2.45, 2.75) is 32.8 Å². The van der Waals surface area contributed by atoms with Gasteiger partial charge in [-0.15, -0.1) is 0 Å². The fourth-order valence-corrected chi connectivity index (χ4v) is 3.18. The third-order valence-electron chi connectivity index (χ3n) is 3.71. The van der Waals surface area contributed by atoms with Crippen LogP contribution in [-0.4, -0.2) is 67.0 Å². The molecule has 0 unspecified atom stereocenters. The summed E-state index contributed by atoms with van der Waals surface area (Å²) < 4.78 is 43.4. The Morgan fingerprint density at radius 1 is 1.13 bits per heavy atom. The van der Waals surface area contributed by atoms with Gasteiger partial charge in [0.2, 0.25) is 0 Å². The first-order chi connectivity index (χ1) is 14.5. The minimum Gasteiger partial charge on any atom is -0.493 e. The summed E-state index contributed by atoms with van der Waals surface area (Å²) in [6.07, 6.45) is -0.630. The lowest BCUT2D eigenvalue weighted by Gasteiger charge is -2.19. The molecule has 31 heavy (non-hydrogen) atoms. The normalized spacial score (nSPS) is 12.1. The number of carbonyl (C=O) groups is 1. The van der Waals surface area contributed by atoms with Gasteiger partial charge in [-0.1, -0.05) is 0 Å². The molecule has 0 heterocycles. The molecule has 0 radical (unpaired) electrons. The molecule has 0 aliphatic rings. The first-order valence-corrected chi connectivity index (χ1v) is 10.9. The van der Waals surface area contributed by atoms with Crippen molar-refractivity contribution in [3.8, 4) is 11.5 Å². The first-order valence-electron chi connectivity index (χ1n) is 9.40. The quantitative estimate of drug-likeness (QED) is 0.276. The predicted octanol–water partition coefficient (Wildman–Crippen LogP) is 1.75. The summed E-state index contributed by atoms with van der Waals surface area (Å²) in [4.78, 5) is 19.8. The smallest absolute Gasteiger partial charge is 0.422 e. The van der Waals surface area contributed by atoms with Crippen LogP contribution in [-0.2, 0) is 14.9 Å². The maximum Gasteiger partial charge on any atom is 0.422 e. The van der Waals surface area contributed by atoms with Crippen LogP contribution in [0, 0.1) is 0 Å². The van der Waals surface area contributed by atoms with Gasteiger partial charge < -0.3 is 19.5 Å². The summed E-state index contributed by atoms with van der Waals surface area (Å²) in [6, 6.07) is 3.41. The molecule has 1 aromatic carbocycles. The Bertz CT molecular complexity index is 909. The molecule has 174 valence electrons. The highest BCUT2D eigenvalue weighted by Crippen LogP contribution is 2.34. The average Bonchev–Trinajstić information content (AvgIpc) is 2.67. The van der Waals surface area contributed by atoms with E-state index in [-0.39, 0.29) is 6.54 Å². The zero-order chi connectivity index (χ0) is 23.7. The number of benzene rings is 1. The van der Waals surface area contributed by atoms with Gasteiger partial charge in [0.1, 0.15) is 11.4 Å². The van der Waals surface area contributed by atoms with E-state index in [2.05, 4.69) is 26.7 Å². The van der Waals surface area contributed by atoms with Crippen molar-refractivity contribution < 1.29 is 27.4 Å². The van der Waals surface area contributed by atoms with Crippen LogP contribution in [0.25, 0.3) is 0 Å². The maximum absolute atomic E-state index is 11.9. The fraction of sp³-hybridized carbons (Fsp3) is 0.526. The third kappa shape index (κ3) is 8.80. The zero-order valence-electron chi connectivity index (χ0n) is 18.7. The van der Waals surface area contributed by atoms with E-state index in [1.807, 2.05) is 0 Å². The zero-order valence-corrected chi connectivity index (χ0v) is 19.6. The molecule has 1 amide bonds. The van der Waals surface area contributed by atoms with Gasteiger partial charge in [-0.25, -0.2) is 9.52 Å². The van der Waals surface area contributed by atoms with Crippen molar-refractivity contribution in [2.75, 3.05) is 34.4 Å². The van der Waals surface area contributed by atoms with E-state index in [1.54, 1.807) is 44.7 Å². The Morgan fingerprint density at radius 2 is 1.74 bits per heavy atom. The van der Waals surface area contributed by atoms with Gasteiger partial charge in [0.05, 0.1) is 19.9 Å². The molecular weight excluding hydrogens is 426 g/mol. The van der Waals surface area contributed by atoms with Crippen LogP contribution in [0.4, 0.5) is 10.5 Å². The highest BCUT2D eigenvalue weighted by atomic mass is 32.2. The van der Waals surface area contributed by atoms with Crippen molar-refractivity contribution >= 4 is 34.5 Å². The molecule has 0 fully saturated rings. The van der Waals surface area contributed by atoms with Crippen molar-refractivity contribution in [1.29, 1.82) is 0 Å². The van der Waals surface area contributed by atoms with Crippen LogP contribution in [0.3, 0.4) is 0 Å². The Labute approximate surface area is 183 Å². The number of nitrogens with zero attached hydrogens (tertiary/aromatic N) is 2. The van der Waals surface area contributed by atoms with Crippen LogP contribution in [0.2, 0.25) is 0 Å². The summed E-state index contributed by atoms with van der Waals surface area (Å²) in [6.45, 7) is 8.96. The van der Waals surface area contributed by atoms with Crippen molar-refractivity contribution in [3.05, 3.63) is 17.7 Å². The molecule has 0 saturated carbocycles. The van der Waals surface area contributed by atoms with Crippen molar-refractivity contribution in [1.82, 2.24) is 14.8 Å². The standard InChI is InChI=1S/C19H31N5O6S/c1-19(2,3)30-18(25)24-31(26,27)23-10-8-9-22-17(21-5)13-11-15(28-6)16(29-7)12-14(13)20-4/h11-12,23H,4,8-10H2,1-3,5-7H3,(H,21,22)(H,24,25). The summed E-state index contributed by atoms with van der Waals surface area (Å²) >= 11 is 0. The van der Waals surface area contributed by atoms with E-state index in [0.717, 1.165) is 0 Å². The average molecular weight is 458 g/mol. The second kappa shape index (κ2) is 11.5. The highest BCUT2D eigenvalue weighted by Gasteiger charge is 2.21. The summed E-state index contributed by atoms with van der Waals surface area (Å²) in [5.41, 5.74) is 0.401. The van der Waals surface area contributed by atoms with Crippen LogP contribution in [0.15, 0.2) is 22.1 Å². The Hall–Kier alpha value is -2.86. The van der Waals surface area contributed by atoms with Crippen LogP contribution in [0.5, 0.6) is 11.5 Å². The van der Waals surface area contributed by atoms with Gasteiger partial charge in [-0.3, -0.25) is 9.98 Å². The number of ether oxygens (including phenoxy) is 3. The molecule has 0 aliphatic heterocycles. The van der Waals surface area contributed by atoms with Crippen molar-refractivity contribution in [3.63, 3.8) is 0 Å². The molecule has 1 rings (SSSR count). The second-order valence-corrected chi connectivity index (χ2v) is 8.74. The SMILES string of the molecule is C=Nc1cc(OC)c(OC)cc1/C(=N\C)NCCCNS(=O)(=O)NC(=O)OC(C)(C)C. The Balaban J connectivity index is 2.66. The number of carbonyl (C=O) groups excluding carboxylic acids is 1. The molecule has 0 saturated heterocycles. The molecule has 0 atom stereocenters. The van der Waals surface area contributed by atoms with E-state index < -0.39 is 21.9 Å². The van der Waals surface area contributed by atoms with Gasteiger partial charge in [0, 0.05) is 31.8 Å². The lowest BCUT2D eigenvalue weighted by molar-refractivity contribution is 0.0569. The molecule has 0 bridgehead atoms. The molecule has 12 heteroatoms. The number of methoxy groups -OCH3 is 2. The number of hydrogen-bond acceptors (Lipinski definition) is 8. The van der Waals surface area contributed by atoms with E-state index >= 15 is 0 Å². The van der Waals surface area contributed by atoms with Gasteiger partial charge >= 0.3 is 16.3 Å². The molecule has 0 spiro atoms. The minimum absolute atomic E-state index is 0.0840. The fourth-order valence-electron chi connectivity index (χ4n) is 2.43. The molecule has 3 N–H and O–H groups in total. The van der Waals surface area contributed by atoms with Gasteiger partial charge in [-0.2, -0.15) is 13.1 Å². The lowest BCUT2D eigenvalue weighted by Crippen LogP contribution is -2.43. The predicted molar refractivity (Wildman–Crippen MR) is 120 cm³/mol. The topological polar surface area (TPSA) is 140 Å². The van der Waals surface area contributed by atoms with Crippen LogP contribution in [0.1, 0.15) is 32.8 Å². The van der Waals surface area contributed by atoms with E-state index in [1.165, 1.54) is 14.2 Å². The molecule has 11 nitrogen and oxygen atoms in total. The van der Waals surface area contributed by atoms with Gasteiger partial charge in [0.25, 0.3) is 0 Å². The number of aliphatic imine (C=N–C) groups is 2. The number of nitrogens with one attached hydrogen (secondary N) is 3. The summed E-state index contributed by atoms with van der Waals surface area (Å²) in [5.74, 6) is 1.54. The van der Waals surface area contributed by atoms with E-state index in [9.17, 15) is 13.2 Å². The minimum atomic E-state index is -4.03. The molecule has 0 aromatic heterocycles. The number of rotatable bonds is 10. The summed E-state index contributed by atoms with van der Waals surface area (Å²) in [7, 11) is 0.633.